The molecule has 1 saturated heterocycles. The average molecular weight is 302 g/mol. The van der Waals surface area contributed by atoms with E-state index in [1.165, 1.54) is 5.56 Å². The highest BCUT2D eigenvalue weighted by molar-refractivity contribution is 5.79. The zero-order valence-corrected chi connectivity index (χ0v) is 13.4. The maximum atomic E-state index is 12.4. The Kier molecular flexibility index (Phi) is 4.79. The van der Waals surface area contributed by atoms with Crippen LogP contribution >= 0.6 is 0 Å². The molecular formula is C18H26N2O2. The van der Waals surface area contributed by atoms with Crippen molar-refractivity contribution in [2.24, 2.45) is 0 Å². The maximum Gasteiger partial charge on any atom is 0.227 e. The second-order valence-corrected chi connectivity index (χ2v) is 6.65. The number of hydrogen-bond acceptors (Lipinski definition) is 3. The first kappa shape index (κ1) is 15.5. The minimum atomic E-state index is -0.172. The van der Waals surface area contributed by atoms with Crippen molar-refractivity contribution in [3.8, 4) is 0 Å². The molecule has 0 unspecified atom stereocenters. The van der Waals surface area contributed by atoms with Crippen LogP contribution in [0.15, 0.2) is 24.3 Å². The van der Waals surface area contributed by atoms with E-state index >= 15 is 0 Å². The van der Waals surface area contributed by atoms with E-state index in [9.17, 15) is 9.90 Å². The molecular weight excluding hydrogens is 276 g/mol. The van der Waals surface area contributed by atoms with Crippen molar-refractivity contribution in [1.29, 1.82) is 0 Å². The van der Waals surface area contributed by atoms with Crippen LogP contribution in [0.25, 0.3) is 0 Å². The molecule has 0 bridgehead atoms. The van der Waals surface area contributed by atoms with Gasteiger partial charge in [0.05, 0.1) is 12.5 Å². The number of aryl methyl sites for hydroxylation is 1. The number of rotatable bonds is 3. The third-order valence-electron chi connectivity index (χ3n) is 5.02. The SMILES string of the molecule is Cc1cccc(CC(=O)N2CCN([C@H]3CCC[C@H]3O)CC2)c1. The van der Waals surface area contributed by atoms with E-state index in [1.54, 1.807) is 0 Å². The van der Waals surface area contributed by atoms with Gasteiger partial charge in [-0.15, -0.1) is 0 Å². The second kappa shape index (κ2) is 6.80. The van der Waals surface area contributed by atoms with Crippen LogP contribution in [0.2, 0.25) is 0 Å². The van der Waals surface area contributed by atoms with Gasteiger partial charge in [-0.3, -0.25) is 9.69 Å². The third kappa shape index (κ3) is 3.50. The minimum Gasteiger partial charge on any atom is -0.391 e. The summed E-state index contributed by atoms with van der Waals surface area (Å²) in [5.74, 6) is 0.220. The Labute approximate surface area is 132 Å². The number of nitrogens with zero attached hydrogens (tertiary/aromatic N) is 2. The lowest BCUT2D eigenvalue weighted by Gasteiger charge is -2.39. The van der Waals surface area contributed by atoms with E-state index < -0.39 is 0 Å². The van der Waals surface area contributed by atoms with Crippen LogP contribution in [0.4, 0.5) is 0 Å². The molecule has 0 radical (unpaired) electrons. The van der Waals surface area contributed by atoms with E-state index in [4.69, 9.17) is 0 Å². The normalized spacial score (nSPS) is 26.4. The van der Waals surface area contributed by atoms with Gasteiger partial charge in [0.15, 0.2) is 0 Å². The fraction of sp³-hybridized carbons (Fsp3) is 0.611. The summed E-state index contributed by atoms with van der Waals surface area (Å²) in [7, 11) is 0. The number of aliphatic hydroxyl groups excluding tert-OH is 1. The van der Waals surface area contributed by atoms with Crippen LogP contribution in [0, 0.1) is 6.92 Å². The van der Waals surface area contributed by atoms with Crippen LogP contribution in [-0.4, -0.2) is 59.1 Å². The second-order valence-electron chi connectivity index (χ2n) is 6.65. The summed E-state index contributed by atoms with van der Waals surface area (Å²) in [4.78, 5) is 16.8. The smallest absolute Gasteiger partial charge is 0.227 e. The number of carbonyl (C=O) groups is 1. The monoisotopic (exact) mass is 302 g/mol. The van der Waals surface area contributed by atoms with Crippen LogP contribution < -0.4 is 0 Å². The van der Waals surface area contributed by atoms with Crippen molar-refractivity contribution in [2.45, 2.75) is 44.8 Å². The molecule has 2 aliphatic rings. The molecule has 1 heterocycles. The Morgan fingerprint density at radius 3 is 2.64 bits per heavy atom. The lowest BCUT2D eigenvalue weighted by atomic mass is 10.1. The van der Waals surface area contributed by atoms with Gasteiger partial charge in [-0.05, 0) is 31.7 Å². The summed E-state index contributed by atoms with van der Waals surface area (Å²) in [6, 6.07) is 8.49. The van der Waals surface area contributed by atoms with E-state index in [0.29, 0.717) is 12.5 Å². The zero-order valence-electron chi connectivity index (χ0n) is 13.4. The van der Waals surface area contributed by atoms with Crippen LogP contribution in [0.5, 0.6) is 0 Å². The Morgan fingerprint density at radius 1 is 1.23 bits per heavy atom. The fourth-order valence-electron chi connectivity index (χ4n) is 3.76. The molecule has 22 heavy (non-hydrogen) atoms. The van der Waals surface area contributed by atoms with Gasteiger partial charge in [0.2, 0.25) is 5.91 Å². The first-order valence-corrected chi connectivity index (χ1v) is 8.39. The number of amides is 1. The van der Waals surface area contributed by atoms with Crippen molar-refractivity contribution in [2.75, 3.05) is 26.2 Å². The number of benzene rings is 1. The summed E-state index contributed by atoms with van der Waals surface area (Å²) in [6.07, 6.45) is 3.47. The first-order chi connectivity index (χ1) is 10.6. The molecule has 1 N–H and O–H groups in total. The summed E-state index contributed by atoms with van der Waals surface area (Å²) in [5, 5.41) is 10.0. The van der Waals surface area contributed by atoms with Gasteiger partial charge in [-0.25, -0.2) is 0 Å². The molecule has 4 heteroatoms. The third-order valence-corrected chi connectivity index (χ3v) is 5.02. The van der Waals surface area contributed by atoms with Crippen molar-refractivity contribution >= 4 is 5.91 Å². The Hall–Kier alpha value is -1.39. The molecule has 2 atom stereocenters. The molecule has 4 nitrogen and oxygen atoms in total. The number of piperazine rings is 1. The summed E-state index contributed by atoms with van der Waals surface area (Å²) < 4.78 is 0. The number of hydrogen-bond donors (Lipinski definition) is 1. The Balaban J connectivity index is 1.51. The highest BCUT2D eigenvalue weighted by atomic mass is 16.3. The van der Waals surface area contributed by atoms with E-state index in [0.717, 1.165) is 51.0 Å². The standard InChI is InChI=1S/C18H26N2O2/c1-14-4-2-5-15(12-14)13-18(22)20-10-8-19(9-11-20)16-6-3-7-17(16)21/h2,4-5,12,16-17,21H,3,6-11,13H2,1H3/t16-,17+/m0/s1. The van der Waals surface area contributed by atoms with E-state index in [2.05, 4.69) is 24.0 Å². The average Bonchev–Trinajstić information content (AvgIpc) is 2.93. The van der Waals surface area contributed by atoms with Crippen molar-refractivity contribution < 1.29 is 9.90 Å². The van der Waals surface area contributed by atoms with Gasteiger partial charge in [0, 0.05) is 32.2 Å². The minimum absolute atomic E-state index is 0.172. The quantitative estimate of drug-likeness (QED) is 0.922. The van der Waals surface area contributed by atoms with Crippen LogP contribution in [-0.2, 0) is 11.2 Å². The molecule has 1 saturated carbocycles. The predicted molar refractivity (Wildman–Crippen MR) is 86.7 cm³/mol. The molecule has 1 aromatic carbocycles. The molecule has 0 spiro atoms. The van der Waals surface area contributed by atoms with Gasteiger partial charge < -0.3 is 10.0 Å². The number of aliphatic hydroxyl groups is 1. The summed E-state index contributed by atoms with van der Waals surface area (Å²) in [6.45, 7) is 5.41. The highest BCUT2D eigenvalue weighted by Gasteiger charge is 2.33. The molecule has 1 aliphatic carbocycles. The maximum absolute atomic E-state index is 12.4. The van der Waals surface area contributed by atoms with E-state index in [1.807, 2.05) is 17.0 Å². The molecule has 1 aromatic rings. The van der Waals surface area contributed by atoms with Gasteiger partial charge in [-0.1, -0.05) is 29.8 Å². The van der Waals surface area contributed by atoms with Crippen LogP contribution in [0.3, 0.4) is 0 Å². The molecule has 2 fully saturated rings. The number of carbonyl (C=O) groups excluding carboxylic acids is 1. The van der Waals surface area contributed by atoms with Gasteiger partial charge >= 0.3 is 0 Å². The highest BCUT2D eigenvalue weighted by Crippen LogP contribution is 2.25. The van der Waals surface area contributed by atoms with Crippen molar-refractivity contribution in [3.05, 3.63) is 35.4 Å². The molecule has 3 rings (SSSR count). The van der Waals surface area contributed by atoms with Crippen molar-refractivity contribution in [3.63, 3.8) is 0 Å². The first-order valence-electron chi connectivity index (χ1n) is 8.39. The zero-order chi connectivity index (χ0) is 15.5. The lowest BCUT2D eigenvalue weighted by Crippen LogP contribution is -2.53. The molecule has 1 aliphatic heterocycles. The Morgan fingerprint density at radius 2 is 2.00 bits per heavy atom. The molecule has 1 amide bonds. The fourth-order valence-corrected chi connectivity index (χ4v) is 3.76. The predicted octanol–water partition coefficient (Wildman–Crippen LogP) is 1.60. The molecule has 120 valence electrons. The van der Waals surface area contributed by atoms with E-state index in [-0.39, 0.29) is 12.0 Å². The van der Waals surface area contributed by atoms with Gasteiger partial charge in [-0.2, -0.15) is 0 Å². The van der Waals surface area contributed by atoms with Gasteiger partial charge in [0.1, 0.15) is 0 Å². The lowest BCUT2D eigenvalue weighted by molar-refractivity contribution is -0.132. The topological polar surface area (TPSA) is 43.8 Å². The largest absolute Gasteiger partial charge is 0.391 e. The van der Waals surface area contributed by atoms with Gasteiger partial charge in [0.25, 0.3) is 0 Å². The Bertz CT molecular complexity index is 524. The van der Waals surface area contributed by atoms with Crippen molar-refractivity contribution in [1.82, 2.24) is 9.80 Å². The van der Waals surface area contributed by atoms with Crippen LogP contribution in [0.1, 0.15) is 30.4 Å². The summed E-state index contributed by atoms with van der Waals surface area (Å²) in [5.41, 5.74) is 2.30. The molecule has 0 aromatic heterocycles. The summed E-state index contributed by atoms with van der Waals surface area (Å²) >= 11 is 0.